The van der Waals surface area contributed by atoms with E-state index in [1.54, 1.807) is 19.9 Å². The highest BCUT2D eigenvalue weighted by Crippen LogP contribution is 2.69. The molecule has 0 heterocycles. The van der Waals surface area contributed by atoms with E-state index in [4.69, 9.17) is 28.5 Å². The molecule has 1 aliphatic carbocycles. The van der Waals surface area contributed by atoms with Gasteiger partial charge in [0.25, 0.3) is 0 Å². The molecule has 0 aromatic rings. The van der Waals surface area contributed by atoms with Crippen molar-refractivity contribution in [3.05, 3.63) is 10.6 Å². The summed E-state index contributed by atoms with van der Waals surface area (Å²) in [6.45, 7) is 3.34. The second-order valence-electron chi connectivity index (χ2n) is 3.86. The number of halogens is 2. The second kappa shape index (κ2) is 4.01. The van der Waals surface area contributed by atoms with Gasteiger partial charge < -0.3 is 16.1 Å². The summed E-state index contributed by atoms with van der Waals surface area (Å²) < 4.78 is -0.0264. The quantitative estimate of drug-likeness (QED) is 0.806. The maximum atomic E-state index is 10.9. The lowest BCUT2D eigenvalue weighted by atomic mass is 9.98. The Bertz CT molecular complexity index is 356. The molecule has 0 saturated heterocycles. The van der Waals surface area contributed by atoms with Crippen LogP contribution >= 0.6 is 23.2 Å². The van der Waals surface area contributed by atoms with Crippen molar-refractivity contribution < 1.29 is 9.90 Å². The molecule has 1 saturated carbocycles. The van der Waals surface area contributed by atoms with Crippen LogP contribution in [-0.4, -0.2) is 5.97 Å². The Morgan fingerprint density at radius 1 is 1.53 bits per heavy atom. The van der Waals surface area contributed by atoms with Crippen molar-refractivity contribution in [3.63, 3.8) is 0 Å². The van der Waals surface area contributed by atoms with Gasteiger partial charge in [-0.2, -0.15) is 5.26 Å². The van der Waals surface area contributed by atoms with Crippen LogP contribution in [-0.2, 0) is 4.79 Å². The number of nitrogens with zero attached hydrogens (tertiary/aromatic N) is 1. The number of nitriles is 1. The first-order valence-corrected chi connectivity index (χ1v) is 4.72. The number of hydrogen-bond acceptors (Lipinski definition) is 3. The van der Waals surface area contributed by atoms with Crippen LogP contribution in [0.25, 0.3) is 0 Å². The van der Waals surface area contributed by atoms with Gasteiger partial charge >= 0.3 is 0 Å². The average Bonchev–Trinajstić information content (AvgIpc) is 2.48. The first-order chi connectivity index (χ1) is 6.30. The summed E-state index contributed by atoms with van der Waals surface area (Å²) in [6, 6.07) is 1.77. The number of carbonyl (C=O) groups is 1. The first kappa shape index (κ1) is 14.2. The molecular weight excluding hydrogens is 239 g/mol. The summed E-state index contributed by atoms with van der Waals surface area (Å²) in [4.78, 5) is 10.9. The zero-order valence-corrected chi connectivity index (χ0v) is 10.2. The Labute approximate surface area is 98.1 Å². The van der Waals surface area contributed by atoms with Gasteiger partial charge in [-0.15, -0.1) is 0 Å². The molecule has 0 aliphatic heterocycles. The van der Waals surface area contributed by atoms with Gasteiger partial charge in [-0.1, -0.05) is 37.0 Å². The van der Waals surface area contributed by atoms with Crippen LogP contribution < -0.4 is 11.3 Å². The highest BCUT2D eigenvalue weighted by atomic mass is 35.5. The highest BCUT2D eigenvalue weighted by Gasteiger charge is 2.72. The molecule has 1 rings (SSSR count). The van der Waals surface area contributed by atoms with Crippen LogP contribution in [0, 0.1) is 28.1 Å². The minimum Gasteiger partial charge on any atom is -0.548 e. The fraction of sp³-hybridized carbons (Fsp3) is 0.556. The number of allylic oxidation sites excluding steroid dienone is 1. The smallest absolute Gasteiger partial charge is 0.109 e. The molecule has 84 valence electrons. The topological polar surface area (TPSA) is 100 Å². The Morgan fingerprint density at radius 2 is 2.00 bits per heavy atom. The molecule has 0 bridgehead atoms. The summed E-state index contributed by atoms with van der Waals surface area (Å²) in [5.74, 6) is -1.86. The van der Waals surface area contributed by atoms with E-state index in [9.17, 15) is 9.90 Å². The number of hydrogen-bond donors (Lipinski definition) is 1. The monoisotopic (exact) mass is 250 g/mol. The largest absolute Gasteiger partial charge is 0.548 e. The highest BCUT2D eigenvalue weighted by molar-refractivity contribution is 6.55. The maximum Gasteiger partial charge on any atom is 0.109 e. The van der Waals surface area contributed by atoms with Gasteiger partial charge in [0.2, 0.25) is 0 Å². The van der Waals surface area contributed by atoms with Crippen molar-refractivity contribution in [2.45, 2.75) is 13.8 Å². The summed E-state index contributed by atoms with van der Waals surface area (Å²) in [7, 11) is 0. The van der Waals surface area contributed by atoms with Crippen LogP contribution in [0.15, 0.2) is 10.6 Å². The average molecular weight is 251 g/mol. The molecule has 2 atom stereocenters. The number of aliphatic carboxylic acids is 1. The minimum absolute atomic E-state index is 0. The van der Waals surface area contributed by atoms with Crippen LogP contribution in [0.1, 0.15) is 13.8 Å². The molecule has 1 fully saturated rings. The lowest BCUT2D eigenvalue weighted by Gasteiger charge is -2.11. The van der Waals surface area contributed by atoms with Crippen molar-refractivity contribution >= 4 is 29.2 Å². The maximum absolute atomic E-state index is 10.9. The molecule has 0 spiro atoms. The molecule has 0 amide bonds. The molecular formula is C9H12Cl2N2O2. The van der Waals surface area contributed by atoms with Gasteiger partial charge in [0.15, 0.2) is 0 Å². The van der Waals surface area contributed by atoms with Crippen molar-refractivity contribution in [2.75, 3.05) is 0 Å². The van der Waals surface area contributed by atoms with E-state index in [1.807, 2.05) is 0 Å². The van der Waals surface area contributed by atoms with E-state index in [0.717, 1.165) is 0 Å². The van der Waals surface area contributed by atoms with E-state index in [1.165, 1.54) is 6.08 Å². The Balaban J connectivity index is 0.00000196. The molecule has 0 aromatic heterocycles. The predicted molar refractivity (Wildman–Crippen MR) is 56.1 cm³/mol. The molecule has 0 radical (unpaired) electrons. The minimum atomic E-state index is -1.50. The molecule has 15 heavy (non-hydrogen) atoms. The first-order valence-electron chi connectivity index (χ1n) is 3.96. The molecule has 2 unspecified atom stereocenters. The van der Waals surface area contributed by atoms with Crippen molar-refractivity contribution in [3.8, 4) is 6.07 Å². The zero-order valence-electron chi connectivity index (χ0n) is 8.67. The normalized spacial score (nSPS) is 30.7. The third-order valence-electron chi connectivity index (χ3n) is 2.97. The number of quaternary nitrogens is 1. The van der Waals surface area contributed by atoms with E-state index >= 15 is 0 Å². The summed E-state index contributed by atoms with van der Waals surface area (Å²) in [5.41, 5.74) is -2.18. The number of carboxylic acids is 1. The number of carboxylic acid groups (broad SMARTS) is 1. The molecule has 0 aromatic carbocycles. The Morgan fingerprint density at radius 3 is 2.20 bits per heavy atom. The fourth-order valence-corrected chi connectivity index (χ4v) is 2.16. The van der Waals surface area contributed by atoms with E-state index < -0.39 is 22.7 Å². The summed E-state index contributed by atoms with van der Waals surface area (Å²) in [5, 5.41) is 19.7. The lowest BCUT2D eigenvalue weighted by Crippen LogP contribution is -2.35. The second-order valence-corrected chi connectivity index (χ2v) is 4.87. The van der Waals surface area contributed by atoms with E-state index in [0.29, 0.717) is 0 Å². The Hall–Kier alpha value is -0.760. The number of rotatable bonds is 2. The zero-order chi connectivity index (χ0) is 11.1. The summed E-state index contributed by atoms with van der Waals surface area (Å²) in [6.07, 6.45) is 1.38. The molecule has 1 aliphatic rings. The summed E-state index contributed by atoms with van der Waals surface area (Å²) >= 11 is 10.9. The van der Waals surface area contributed by atoms with Gasteiger partial charge in [0.05, 0.1) is 12.0 Å². The Kier molecular flexibility index (Phi) is 3.81. The van der Waals surface area contributed by atoms with Gasteiger partial charge in [0.1, 0.15) is 9.91 Å². The van der Waals surface area contributed by atoms with Crippen molar-refractivity contribution in [1.82, 2.24) is 6.15 Å². The van der Waals surface area contributed by atoms with Gasteiger partial charge in [-0.25, -0.2) is 0 Å². The van der Waals surface area contributed by atoms with Crippen LogP contribution in [0.2, 0.25) is 0 Å². The number of carbonyl (C=O) groups excluding carboxylic acids is 1. The SMILES string of the molecule is CC1(C)C(C=C(Cl)Cl)C1(C#N)C(=O)[O-].[NH4+]. The van der Waals surface area contributed by atoms with Crippen LogP contribution in [0.5, 0.6) is 0 Å². The van der Waals surface area contributed by atoms with Gasteiger partial charge in [-0.3, -0.25) is 0 Å². The molecule has 4 nitrogen and oxygen atoms in total. The predicted octanol–water partition coefficient (Wildman–Crippen LogP) is 1.60. The molecule has 4 N–H and O–H groups in total. The standard InChI is InChI=1S/C9H9Cl2NO2.H3N/c1-8(2)5(3-6(10)11)9(8,4-12)7(13)14;/h3,5H,1-2H3,(H,13,14);1H3. The third kappa shape index (κ3) is 1.71. The third-order valence-corrected chi connectivity index (χ3v) is 3.22. The molecule has 6 heteroatoms. The fourth-order valence-electron chi connectivity index (χ4n) is 1.91. The van der Waals surface area contributed by atoms with Gasteiger partial charge in [0, 0.05) is 5.92 Å². The van der Waals surface area contributed by atoms with Crippen molar-refractivity contribution in [1.29, 1.82) is 5.26 Å². The van der Waals surface area contributed by atoms with E-state index in [2.05, 4.69) is 0 Å². The van der Waals surface area contributed by atoms with Crippen LogP contribution in [0.3, 0.4) is 0 Å². The van der Waals surface area contributed by atoms with Crippen molar-refractivity contribution in [2.24, 2.45) is 16.7 Å². The van der Waals surface area contributed by atoms with Crippen LogP contribution in [0.4, 0.5) is 0 Å². The van der Waals surface area contributed by atoms with E-state index in [-0.39, 0.29) is 10.6 Å². The lowest BCUT2D eigenvalue weighted by molar-refractivity contribution is -0.312. The van der Waals surface area contributed by atoms with Gasteiger partial charge in [-0.05, 0) is 11.5 Å².